The predicted octanol–water partition coefficient (Wildman–Crippen LogP) is 4.65. The highest BCUT2D eigenvalue weighted by atomic mass is 16.7. The van der Waals surface area contributed by atoms with Gasteiger partial charge in [-0.1, -0.05) is 31.0 Å². The molecule has 4 rings (SSSR count). The van der Waals surface area contributed by atoms with Crippen molar-refractivity contribution in [2.24, 2.45) is 5.92 Å². The maximum atomic E-state index is 12.0. The third-order valence-corrected chi connectivity index (χ3v) is 6.41. The first kappa shape index (κ1) is 21.4. The van der Waals surface area contributed by atoms with Gasteiger partial charge in [-0.05, 0) is 68.4 Å². The smallest absolute Gasteiger partial charge is 0.311 e. The van der Waals surface area contributed by atoms with Crippen LogP contribution in [0.25, 0.3) is 10.8 Å². The molecule has 3 aromatic rings. The highest BCUT2D eigenvalue weighted by molar-refractivity contribution is 5.84. The van der Waals surface area contributed by atoms with Gasteiger partial charge in [-0.3, -0.25) is 4.79 Å². The van der Waals surface area contributed by atoms with Crippen LogP contribution in [0.5, 0.6) is 5.75 Å². The maximum Gasteiger partial charge on any atom is 0.311 e. The first-order valence-electron chi connectivity index (χ1n) is 11.0. The number of imidazole rings is 1. The number of aromatic nitrogens is 2. The summed E-state index contributed by atoms with van der Waals surface area (Å²) in [6, 6.07) is 12.9. The van der Waals surface area contributed by atoms with Crippen molar-refractivity contribution in [2.75, 3.05) is 20.9 Å². The summed E-state index contributed by atoms with van der Waals surface area (Å²) in [5.41, 5.74) is 1.23. The molecule has 164 valence electrons. The molecule has 31 heavy (non-hydrogen) atoms. The Kier molecular flexibility index (Phi) is 6.56. The summed E-state index contributed by atoms with van der Waals surface area (Å²) in [5.74, 6) is 0.613. The molecule has 0 aliphatic heterocycles. The molecule has 2 atom stereocenters. The average Bonchev–Trinajstić information content (AvgIpc) is 3.48. The van der Waals surface area contributed by atoms with E-state index in [0.717, 1.165) is 36.5 Å². The van der Waals surface area contributed by atoms with Crippen molar-refractivity contribution in [3.05, 3.63) is 60.7 Å². The Morgan fingerprint density at radius 2 is 1.90 bits per heavy atom. The number of ether oxygens (including phenoxy) is 2. The molecule has 1 aromatic heterocycles. The Labute approximate surface area is 183 Å². The van der Waals surface area contributed by atoms with Crippen LogP contribution in [0.4, 0.5) is 0 Å². The van der Waals surface area contributed by atoms with Gasteiger partial charge in [0.2, 0.25) is 6.79 Å². The summed E-state index contributed by atoms with van der Waals surface area (Å²) < 4.78 is 13.2. The fraction of sp³-hybridized carbons (Fsp3) is 0.440. The van der Waals surface area contributed by atoms with Crippen LogP contribution >= 0.6 is 0 Å². The van der Waals surface area contributed by atoms with Gasteiger partial charge in [0.05, 0.1) is 18.3 Å². The minimum absolute atomic E-state index is 0.0397. The number of esters is 1. The molecule has 6 nitrogen and oxygen atoms in total. The molecule has 0 amide bonds. The zero-order chi connectivity index (χ0) is 21.8. The van der Waals surface area contributed by atoms with Crippen LogP contribution < -0.4 is 4.74 Å². The number of rotatable bonds is 8. The fourth-order valence-electron chi connectivity index (χ4n) is 4.37. The summed E-state index contributed by atoms with van der Waals surface area (Å²) in [4.78, 5) is 18.5. The topological polar surface area (TPSA) is 56.6 Å². The minimum Gasteiger partial charge on any atom is -0.457 e. The summed E-state index contributed by atoms with van der Waals surface area (Å²) in [6.07, 6.45) is 9.80. The third kappa shape index (κ3) is 4.90. The van der Waals surface area contributed by atoms with Crippen LogP contribution in [-0.2, 0) is 9.53 Å². The molecule has 2 aromatic carbocycles. The van der Waals surface area contributed by atoms with E-state index in [1.165, 1.54) is 5.56 Å². The van der Waals surface area contributed by atoms with E-state index in [1.807, 2.05) is 30.9 Å². The van der Waals surface area contributed by atoms with E-state index >= 15 is 0 Å². The molecule has 1 fully saturated rings. The van der Waals surface area contributed by atoms with E-state index in [2.05, 4.69) is 59.7 Å². The van der Waals surface area contributed by atoms with Crippen molar-refractivity contribution in [2.45, 2.75) is 44.7 Å². The van der Waals surface area contributed by atoms with Gasteiger partial charge in [-0.2, -0.15) is 0 Å². The monoisotopic (exact) mass is 421 g/mol. The molecule has 0 saturated heterocycles. The molecule has 0 bridgehead atoms. The zero-order valence-corrected chi connectivity index (χ0v) is 18.5. The largest absolute Gasteiger partial charge is 0.457 e. The lowest BCUT2D eigenvalue weighted by Gasteiger charge is -2.31. The molecule has 0 spiro atoms. The predicted molar refractivity (Wildman–Crippen MR) is 121 cm³/mol. The lowest BCUT2D eigenvalue weighted by molar-refractivity contribution is -0.154. The van der Waals surface area contributed by atoms with Gasteiger partial charge in [0.1, 0.15) is 5.75 Å². The minimum atomic E-state index is -0.136. The van der Waals surface area contributed by atoms with Gasteiger partial charge in [-0.25, -0.2) is 4.98 Å². The number of likely N-dealkylation sites (N-methyl/N-ethyl adjacent to an activating group) is 1. The third-order valence-electron chi connectivity index (χ3n) is 6.41. The Morgan fingerprint density at radius 1 is 1.16 bits per heavy atom. The van der Waals surface area contributed by atoms with Crippen molar-refractivity contribution < 1.29 is 14.3 Å². The summed E-state index contributed by atoms with van der Waals surface area (Å²) in [6.45, 7) is 2.18. The lowest BCUT2D eigenvalue weighted by Crippen LogP contribution is -2.34. The summed E-state index contributed by atoms with van der Waals surface area (Å²) in [5, 5.41) is 2.23. The molecule has 1 saturated carbocycles. The lowest BCUT2D eigenvalue weighted by atomic mass is 9.96. The fourth-order valence-corrected chi connectivity index (χ4v) is 4.37. The van der Waals surface area contributed by atoms with Crippen LogP contribution in [0, 0.1) is 5.92 Å². The van der Waals surface area contributed by atoms with Crippen LogP contribution in [0.2, 0.25) is 0 Å². The van der Waals surface area contributed by atoms with Crippen molar-refractivity contribution >= 4 is 16.7 Å². The molecule has 1 aliphatic carbocycles. The van der Waals surface area contributed by atoms with E-state index in [9.17, 15) is 4.79 Å². The summed E-state index contributed by atoms with van der Waals surface area (Å²) in [7, 11) is 4.19. The molecule has 0 N–H and O–H groups in total. The van der Waals surface area contributed by atoms with Crippen molar-refractivity contribution in [1.29, 1.82) is 0 Å². The van der Waals surface area contributed by atoms with E-state index in [-0.39, 0.29) is 24.7 Å². The Morgan fingerprint density at radius 3 is 2.61 bits per heavy atom. The normalized spacial score (nSPS) is 16.5. The van der Waals surface area contributed by atoms with Crippen LogP contribution in [-0.4, -0.2) is 47.4 Å². The van der Waals surface area contributed by atoms with Gasteiger partial charge in [0.15, 0.2) is 0 Å². The number of carbonyl (C=O) groups excluding carboxylic acids is 1. The number of hydrogen-bond donors (Lipinski definition) is 0. The van der Waals surface area contributed by atoms with Crippen molar-refractivity contribution in [1.82, 2.24) is 14.5 Å². The number of hydrogen-bond acceptors (Lipinski definition) is 5. The number of benzene rings is 2. The zero-order valence-electron chi connectivity index (χ0n) is 18.5. The van der Waals surface area contributed by atoms with Crippen LogP contribution in [0.3, 0.4) is 0 Å². The van der Waals surface area contributed by atoms with Gasteiger partial charge in [-0.15, -0.1) is 0 Å². The number of fused-ring (bicyclic) bond motifs is 1. The SMILES string of the molecule is CC(C(c1ccc2cc(OCOC(=O)C3CCCC3)ccc2c1)n1ccnc1)N(C)C. The molecular weight excluding hydrogens is 390 g/mol. The van der Waals surface area contributed by atoms with Crippen molar-refractivity contribution in [3.63, 3.8) is 0 Å². The molecule has 2 unspecified atom stereocenters. The molecule has 1 heterocycles. The number of nitrogens with zero attached hydrogens (tertiary/aromatic N) is 3. The van der Waals surface area contributed by atoms with Gasteiger partial charge in [0, 0.05) is 18.4 Å². The average molecular weight is 422 g/mol. The Bertz CT molecular complexity index is 1010. The van der Waals surface area contributed by atoms with Crippen molar-refractivity contribution in [3.8, 4) is 5.75 Å². The molecule has 1 aliphatic rings. The van der Waals surface area contributed by atoms with E-state index in [4.69, 9.17) is 9.47 Å². The standard InChI is InChI=1S/C25H31N3O3/c1-18(27(2)3)24(28-13-12-26-16-28)22-9-8-21-15-23(11-10-20(21)14-22)30-17-31-25(29)19-6-4-5-7-19/h8-16,18-19,24H,4-7,17H2,1-3H3. The molecular formula is C25H31N3O3. The van der Waals surface area contributed by atoms with E-state index in [1.54, 1.807) is 0 Å². The van der Waals surface area contributed by atoms with E-state index in [0.29, 0.717) is 11.8 Å². The van der Waals surface area contributed by atoms with Gasteiger partial charge >= 0.3 is 5.97 Å². The Balaban J connectivity index is 1.47. The Hall–Kier alpha value is -2.86. The molecule has 6 heteroatoms. The van der Waals surface area contributed by atoms with E-state index < -0.39 is 0 Å². The first-order valence-corrected chi connectivity index (χ1v) is 11.0. The maximum absolute atomic E-state index is 12.0. The van der Waals surface area contributed by atoms with Gasteiger partial charge < -0.3 is 18.9 Å². The number of carbonyl (C=O) groups is 1. The highest BCUT2D eigenvalue weighted by Gasteiger charge is 2.24. The second-order valence-corrected chi connectivity index (χ2v) is 8.63. The summed E-state index contributed by atoms with van der Waals surface area (Å²) >= 11 is 0. The van der Waals surface area contributed by atoms with Crippen LogP contribution in [0.15, 0.2) is 55.1 Å². The van der Waals surface area contributed by atoms with Crippen LogP contribution in [0.1, 0.15) is 44.2 Å². The molecule has 0 radical (unpaired) electrons. The second-order valence-electron chi connectivity index (χ2n) is 8.63. The highest BCUT2D eigenvalue weighted by Crippen LogP contribution is 2.30. The van der Waals surface area contributed by atoms with Gasteiger partial charge in [0.25, 0.3) is 0 Å². The first-order chi connectivity index (χ1) is 15.0. The quantitative estimate of drug-likeness (QED) is 0.392. The second kappa shape index (κ2) is 9.52.